The van der Waals surface area contributed by atoms with Crippen LogP contribution in [-0.4, -0.2) is 0 Å². The molecule has 0 aliphatic rings. The van der Waals surface area contributed by atoms with Crippen LogP contribution in [0.3, 0.4) is 0 Å². The molecule has 0 radical (unpaired) electrons. The van der Waals surface area contributed by atoms with Crippen molar-refractivity contribution in [1.29, 1.82) is 0 Å². The monoisotopic (exact) mass is 384 g/mol. The van der Waals surface area contributed by atoms with E-state index in [4.69, 9.17) is 0 Å². The van der Waals surface area contributed by atoms with Gasteiger partial charge in [-0.3, -0.25) is 0 Å². The van der Waals surface area contributed by atoms with Gasteiger partial charge in [0, 0.05) is 13.5 Å². The summed E-state index contributed by atoms with van der Waals surface area (Å²) < 4.78 is 0. The molecule has 0 aromatic heterocycles. The summed E-state index contributed by atoms with van der Waals surface area (Å²) >= 11 is 0. The maximum atomic E-state index is 3.71. The third-order valence-corrected chi connectivity index (χ3v) is 7.72. The van der Waals surface area contributed by atoms with Crippen molar-refractivity contribution in [2.24, 2.45) is 0 Å². The number of benzene rings is 3. The molecule has 0 bridgehead atoms. The fourth-order valence-corrected chi connectivity index (χ4v) is 6.39. The molecule has 3 rings (SSSR count). The van der Waals surface area contributed by atoms with Gasteiger partial charge in [0.25, 0.3) is 0 Å². The van der Waals surface area contributed by atoms with Crippen molar-refractivity contribution in [3.8, 4) is 11.6 Å². The van der Waals surface area contributed by atoms with Crippen molar-refractivity contribution in [2.45, 2.75) is 48.5 Å². The lowest BCUT2D eigenvalue weighted by Gasteiger charge is -2.22. The first-order valence-electron chi connectivity index (χ1n) is 9.80. The molecular weight excluding hydrogens is 355 g/mol. The normalized spacial score (nSPS) is 10.7. The van der Waals surface area contributed by atoms with Crippen LogP contribution in [0.4, 0.5) is 0 Å². The maximum Gasteiger partial charge on any atom is 0.0359 e. The van der Waals surface area contributed by atoms with Gasteiger partial charge in [0.05, 0.1) is 0 Å². The van der Waals surface area contributed by atoms with E-state index in [1.165, 1.54) is 49.6 Å². The molecule has 0 nitrogen and oxygen atoms in total. The Morgan fingerprint density at radius 3 is 1.32 bits per heavy atom. The predicted molar refractivity (Wildman–Crippen MR) is 126 cm³/mol. The van der Waals surface area contributed by atoms with Gasteiger partial charge in [0.1, 0.15) is 0 Å². The summed E-state index contributed by atoms with van der Waals surface area (Å²) in [6, 6.07) is 17.7. The van der Waals surface area contributed by atoms with Crippen molar-refractivity contribution in [2.75, 3.05) is 0 Å². The van der Waals surface area contributed by atoms with Gasteiger partial charge in [-0.05, 0) is 93.5 Å². The standard InChI is InChI=1S/C27H29P/c1-18-8-10-25(11-9-18)12-13-28(26-21(4)14-19(2)15-22(26)5)27-23(6)16-20(3)17-24(27)7/h8-11,14-17H,1-7H3. The molecule has 0 amide bonds. The van der Waals surface area contributed by atoms with E-state index in [2.05, 4.69) is 109 Å². The van der Waals surface area contributed by atoms with Crippen LogP contribution in [0.1, 0.15) is 44.5 Å². The summed E-state index contributed by atoms with van der Waals surface area (Å²) in [4.78, 5) is 0. The lowest BCUT2D eigenvalue weighted by Crippen LogP contribution is -2.21. The highest BCUT2D eigenvalue weighted by Crippen LogP contribution is 2.38. The molecule has 142 valence electrons. The molecule has 0 heterocycles. The molecule has 0 saturated carbocycles. The molecule has 3 aromatic carbocycles. The first-order chi connectivity index (χ1) is 13.3. The molecule has 3 aromatic rings. The highest BCUT2D eigenvalue weighted by Gasteiger charge is 2.21. The lowest BCUT2D eigenvalue weighted by molar-refractivity contribution is 1.35. The van der Waals surface area contributed by atoms with E-state index in [1.54, 1.807) is 0 Å². The third-order valence-electron chi connectivity index (χ3n) is 5.08. The predicted octanol–water partition coefficient (Wildman–Crippen LogP) is 6.29. The fraction of sp³-hybridized carbons (Fsp3) is 0.259. The van der Waals surface area contributed by atoms with Gasteiger partial charge in [0.2, 0.25) is 0 Å². The van der Waals surface area contributed by atoms with Gasteiger partial charge >= 0.3 is 0 Å². The Bertz CT molecular complexity index is 972. The van der Waals surface area contributed by atoms with Gasteiger partial charge in [-0.1, -0.05) is 64.7 Å². The van der Waals surface area contributed by atoms with Crippen LogP contribution in [-0.2, 0) is 0 Å². The highest BCUT2D eigenvalue weighted by atomic mass is 31.1. The molecular formula is C27H29P. The van der Waals surface area contributed by atoms with E-state index >= 15 is 0 Å². The van der Waals surface area contributed by atoms with E-state index in [0.717, 1.165) is 5.56 Å². The second-order valence-electron chi connectivity index (χ2n) is 7.93. The van der Waals surface area contributed by atoms with Gasteiger partial charge in [-0.25, -0.2) is 0 Å². The lowest BCUT2D eigenvalue weighted by atomic mass is 10.1. The number of rotatable bonds is 2. The second kappa shape index (κ2) is 8.34. The quantitative estimate of drug-likeness (QED) is 0.360. The summed E-state index contributed by atoms with van der Waals surface area (Å²) in [5.74, 6) is 3.49. The molecule has 28 heavy (non-hydrogen) atoms. The zero-order valence-electron chi connectivity index (χ0n) is 18.1. The van der Waals surface area contributed by atoms with E-state index < -0.39 is 7.92 Å². The van der Waals surface area contributed by atoms with E-state index in [0.29, 0.717) is 0 Å². The van der Waals surface area contributed by atoms with Gasteiger partial charge in [0.15, 0.2) is 0 Å². The number of hydrogen-bond acceptors (Lipinski definition) is 0. The van der Waals surface area contributed by atoms with E-state index in [9.17, 15) is 0 Å². The zero-order chi connectivity index (χ0) is 20.4. The van der Waals surface area contributed by atoms with Crippen LogP contribution >= 0.6 is 7.92 Å². The maximum absolute atomic E-state index is 3.71. The van der Waals surface area contributed by atoms with E-state index in [1.807, 2.05) is 0 Å². The molecule has 0 aliphatic heterocycles. The molecule has 0 N–H and O–H groups in total. The summed E-state index contributed by atoms with van der Waals surface area (Å²) in [6.45, 7) is 15.4. The van der Waals surface area contributed by atoms with Crippen molar-refractivity contribution in [3.63, 3.8) is 0 Å². The Morgan fingerprint density at radius 2 is 0.929 bits per heavy atom. The molecule has 0 unspecified atom stereocenters. The highest BCUT2D eigenvalue weighted by molar-refractivity contribution is 7.77. The van der Waals surface area contributed by atoms with E-state index in [-0.39, 0.29) is 0 Å². The number of aryl methyl sites for hydroxylation is 7. The zero-order valence-corrected chi connectivity index (χ0v) is 19.0. The molecule has 0 fully saturated rings. The minimum atomic E-state index is -0.751. The first kappa shape index (κ1) is 20.4. The van der Waals surface area contributed by atoms with Crippen molar-refractivity contribution >= 4 is 18.5 Å². The Kier molecular flexibility index (Phi) is 6.07. The molecule has 0 atom stereocenters. The fourth-order valence-electron chi connectivity index (χ4n) is 4.03. The SMILES string of the molecule is Cc1ccc(C#CP(c2c(C)cc(C)cc2C)c2c(C)cc(C)cc2C)cc1. The van der Waals surface area contributed by atoms with Crippen LogP contribution in [0.25, 0.3) is 0 Å². The smallest absolute Gasteiger partial charge is 0.0359 e. The van der Waals surface area contributed by atoms with Crippen molar-refractivity contribution in [3.05, 3.63) is 93.0 Å². The van der Waals surface area contributed by atoms with Gasteiger partial charge < -0.3 is 0 Å². The molecule has 0 aliphatic carbocycles. The Hall–Kier alpha value is -2.35. The Labute approximate surface area is 171 Å². The Morgan fingerprint density at radius 1 is 0.536 bits per heavy atom. The summed E-state index contributed by atoms with van der Waals surface area (Å²) in [5.41, 5.74) is 14.1. The van der Waals surface area contributed by atoms with Crippen LogP contribution in [0.15, 0.2) is 48.5 Å². The topological polar surface area (TPSA) is 0 Å². The molecule has 0 saturated heterocycles. The summed E-state index contributed by atoms with van der Waals surface area (Å²) in [7, 11) is -0.751. The minimum absolute atomic E-state index is 0.751. The first-order valence-corrected chi connectivity index (χ1v) is 11.1. The van der Waals surface area contributed by atoms with Gasteiger partial charge in [-0.2, -0.15) is 0 Å². The average molecular weight is 385 g/mol. The minimum Gasteiger partial charge on any atom is -0.0617 e. The second-order valence-corrected chi connectivity index (χ2v) is 9.72. The van der Waals surface area contributed by atoms with Gasteiger partial charge in [-0.15, -0.1) is 0 Å². The average Bonchev–Trinajstić information content (AvgIpc) is 2.58. The largest absolute Gasteiger partial charge is 0.0617 e. The molecule has 0 spiro atoms. The van der Waals surface area contributed by atoms with Crippen LogP contribution < -0.4 is 10.6 Å². The van der Waals surface area contributed by atoms with Crippen LogP contribution in [0, 0.1) is 60.0 Å². The number of hydrogen-bond donors (Lipinski definition) is 0. The summed E-state index contributed by atoms with van der Waals surface area (Å²) in [6.07, 6.45) is 0. The van der Waals surface area contributed by atoms with Crippen molar-refractivity contribution < 1.29 is 0 Å². The third kappa shape index (κ3) is 4.38. The molecule has 1 heteroatoms. The summed E-state index contributed by atoms with van der Waals surface area (Å²) in [5, 5.41) is 2.82. The van der Waals surface area contributed by atoms with Crippen LogP contribution in [0.2, 0.25) is 0 Å². The van der Waals surface area contributed by atoms with Crippen LogP contribution in [0.5, 0.6) is 0 Å². The Balaban J connectivity index is 2.23. The van der Waals surface area contributed by atoms with Crippen molar-refractivity contribution in [1.82, 2.24) is 0 Å².